The summed E-state index contributed by atoms with van der Waals surface area (Å²) in [5.74, 6) is -1.31. The van der Waals surface area contributed by atoms with Crippen molar-refractivity contribution in [3.63, 3.8) is 0 Å². The molecular weight excluding hydrogens is 517 g/mol. The lowest BCUT2D eigenvalue weighted by molar-refractivity contribution is -0.122. The fourth-order valence-electron chi connectivity index (χ4n) is 7.12. The van der Waals surface area contributed by atoms with E-state index in [4.69, 9.17) is 9.39 Å². The summed E-state index contributed by atoms with van der Waals surface area (Å²) >= 11 is 0. The number of aromatic hydroxyl groups is 1. The number of fused-ring (bicyclic) bond motifs is 3. The largest absolute Gasteiger partial charge is 0.507 e. The Kier molecular flexibility index (Phi) is 8.83. The van der Waals surface area contributed by atoms with Crippen molar-refractivity contribution in [1.82, 2.24) is 0 Å². The Morgan fingerprint density at radius 3 is 2.46 bits per heavy atom. The summed E-state index contributed by atoms with van der Waals surface area (Å²) in [6.45, 7) is 6.33. The molecule has 2 aromatic carbocycles. The van der Waals surface area contributed by atoms with Gasteiger partial charge in [-0.05, 0) is 104 Å². The van der Waals surface area contributed by atoms with Gasteiger partial charge in [0.15, 0.2) is 0 Å². The Hall–Kier alpha value is -3.20. The quantitative estimate of drug-likeness (QED) is 0.236. The molecule has 3 aliphatic rings. The van der Waals surface area contributed by atoms with Crippen molar-refractivity contribution in [2.24, 2.45) is 17.8 Å². The van der Waals surface area contributed by atoms with Crippen molar-refractivity contribution in [3.8, 4) is 5.75 Å². The highest BCUT2D eigenvalue weighted by molar-refractivity contribution is 6.43. The van der Waals surface area contributed by atoms with Gasteiger partial charge in [0.25, 0.3) is 0 Å². The Balaban J connectivity index is 1.44. The van der Waals surface area contributed by atoms with E-state index in [1.54, 1.807) is 19.2 Å². The van der Waals surface area contributed by atoms with E-state index in [2.05, 4.69) is 13.0 Å². The molecule has 0 spiro atoms. The molecule has 7 nitrogen and oxygen atoms in total. The zero-order valence-corrected chi connectivity index (χ0v) is 24.4. The number of para-hydroxylation sites is 1. The standard InChI is InChI=1S/C33H40BNO6/c1-5-9-22(16-23-14-20(2)31(36)21(3)15-23)12-13-28-29-24(19-40-4)17-26-30(27(29)18-34(39)41-28)33(38)35(32(26)37)25-10-7-6-8-11-25/h6-8,10-11,14-16,26-28,30,36,39H,5,9,12-13,17-19H2,1-4H3/b22-16+/t26-,27+,28-,30-/m1/s1. The van der Waals surface area contributed by atoms with E-state index in [9.17, 15) is 19.7 Å². The van der Waals surface area contributed by atoms with Crippen LogP contribution in [0.1, 0.15) is 55.7 Å². The zero-order chi connectivity index (χ0) is 29.3. The molecule has 2 heterocycles. The fourth-order valence-corrected chi connectivity index (χ4v) is 7.12. The second-order valence-corrected chi connectivity index (χ2v) is 11.7. The predicted molar refractivity (Wildman–Crippen MR) is 160 cm³/mol. The summed E-state index contributed by atoms with van der Waals surface area (Å²) in [6, 6.07) is 13.1. The number of methoxy groups -OCH3 is 1. The van der Waals surface area contributed by atoms with Crippen LogP contribution in [0.3, 0.4) is 0 Å². The Morgan fingerprint density at radius 1 is 1.10 bits per heavy atom. The fraction of sp³-hybridized carbons (Fsp3) is 0.455. The number of hydrogen-bond acceptors (Lipinski definition) is 6. The molecule has 0 bridgehead atoms. The third-order valence-corrected chi connectivity index (χ3v) is 8.82. The molecular formula is C33H40BNO6. The van der Waals surface area contributed by atoms with E-state index in [-0.39, 0.29) is 30.2 Å². The molecule has 216 valence electrons. The second kappa shape index (κ2) is 12.4. The molecule has 2 aromatic rings. The molecule has 41 heavy (non-hydrogen) atoms. The minimum atomic E-state index is -1.01. The minimum Gasteiger partial charge on any atom is -0.507 e. The number of aryl methyl sites for hydroxylation is 2. The summed E-state index contributed by atoms with van der Waals surface area (Å²) < 4.78 is 11.7. The molecule has 0 aromatic heterocycles. The second-order valence-electron chi connectivity index (χ2n) is 11.7. The van der Waals surface area contributed by atoms with Crippen LogP contribution >= 0.6 is 0 Å². The number of allylic oxidation sites excluding steroid dienone is 1. The van der Waals surface area contributed by atoms with E-state index in [0.717, 1.165) is 47.1 Å². The lowest BCUT2D eigenvalue weighted by atomic mass is 9.58. The van der Waals surface area contributed by atoms with E-state index in [0.29, 0.717) is 30.9 Å². The average molecular weight is 557 g/mol. The molecule has 2 N–H and O–H groups in total. The van der Waals surface area contributed by atoms with Crippen LogP contribution < -0.4 is 4.90 Å². The highest BCUT2D eigenvalue weighted by Gasteiger charge is 2.57. The van der Waals surface area contributed by atoms with Gasteiger partial charge < -0.3 is 19.5 Å². The Bertz CT molecular complexity index is 1350. The number of nitrogens with zero attached hydrogens (tertiary/aromatic N) is 1. The number of carbonyl (C=O) groups is 2. The van der Waals surface area contributed by atoms with Gasteiger partial charge in [-0.15, -0.1) is 0 Å². The predicted octanol–water partition coefficient (Wildman–Crippen LogP) is 5.62. The third-order valence-electron chi connectivity index (χ3n) is 8.82. The van der Waals surface area contributed by atoms with Gasteiger partial charge in [0.05, 0.1) is 30.2 Å². The Morgan fingerprint density at radius 2 is 1.80 bits per heavy atom. The third kappa shape index (κ3) is 5.78. The number of phenols is 1. The number of benzene rings is 2. The van der Waals surface area contributed by atoms with Gasteiger partial charge in [0, 0.05) is 7.11 Å². The first-order valence-electron chi connectivity index (χ1n) is 14.7. The number of amides is 2. The van der Waals surface area contributed by atoms with Crippen LogP contribution in [0.4, 0.5) is 5.69 Å². The van der Waals surface area contributed by atoms with E-state index in [1.807, 2.05) is 44.2 Å². The van der Waals surface area contributed by atoms with Crippen LogP contribution in [0.15, 0.2) is 59.2 Å². The normalized spacial score (nSPS) is 24.7. The number of ether oxygens (including phenoxy) is 1. The van der Waals surface area contributed by atoms with E-state index >= 15 is 0 Å². The van der Waals surface area contributed by atoms with Crippen molar-refractivity contribution in [2.45, 2.75) is 65.3 Å². The SMILES string of the molecule is CCC/C(=C\c1cc(C)c(O)c(C)c1)CC[C@H]1OB(O)C[C@H]2C1=C(COC)C[C@H]1C(=O)N(c3ccccc3)C(=O)[C@H]12. The number of hydrogen-bond donors (Lipinski definition) is 2. The van der Waals surface area contributed by atoms with Crippen LogP contribution in [0, 0.1) is 31.6 Å². The molecule has 5 rings (SSSR count). The highest BCUT2D eigenvalue weighted by Crippen LogP contribution is 2.51. The first-order chi connectivity index (χ1) is 19.7. The van der Waals surface area contributed by atoms with Crippen molar-refractivity contribution >= 4 is 30.7 Å². The minimum absolute atomic E-state index is 0.177. The number of carbonyl (C=O) groups excluding carboxylic acids is 2. The summed E-state index contributed by atoms with van der Waals surface area (Å²) in [5.41, 5.74) is 6.64. The topological polar surface area (TPSA) is 96.3 Å². The molecule has 2 aliphatic heterocycles. The van der Waals surface area contributed by atoms with E-state index in [1.165, 1.54) is 10.5 Å². The van der Waals surface area contributed by atoms with Gasteiger partial charge in [-0.3, -0.25) is 14.5 Å². The summed E-state index contributed by atoms with van der Waals surface area (Å²) in [6.07, 6.45) is 5.89. The molecule has 2 fully saturated rings. The smallest absolute Gasteiger partial charge is 0.455 e. The van der Waals surface area contributed by atoms with Crippen LogP contribution in [0.2, 0.25) is 6.32 Å². The van der Waals surface area contributed by atoms with Gasteiger partial charge in [-0.25, -0.2) is 0 Å². The van der Waals surface area contributed by atoms with Crippen molar-refractivity contribution < 1.29 is 29.1 Å². The Labute approximate surface area is 243 Å². The van der Waals surface area contributed by atoms with Crippen LogP contribution in [-0.4, -0.2) is 48.9 Å². The summed E-state index contributed by atoms with van der Waals surface area (Å²) in [5, 5.41) is 21.1. The molecule has 0 unspecified atom stereocenters. The van der Waals surface area contributed by atoms with Crippen LogP contribution in [0.5, 0.6) is 5.75 Å². The molecule has 8 heteroatoms. The maximum Gasteiger partial charge on any atom is 0.455 e. The first-order valence-corrected chi connectivity index (χ1v) is 14.7. The van der Waals surface area contributed by atoms with Crippen LogP contribution in [0.25, 0.3) is 6.08 Å². The number of phenolic OH excluding ortho intramolecular Hbond substituents is 1. The number of imide groups is 1. The molecule has 0 radical (unpaired) electrons. The first kappa shape index (κ1) is 29.3. The molecule has 2 amide bonds. The molecule has 0 saturated carbocycles. The van der Waals surface area contributed by atoms with Crippen LogP contribution in [-0.2, 0) is 19.0 Å². The molecule has 2 saturated heterocycles. The van der Waals surface area contributed by atoms with Gasteiger partial charge >= 0.3 is 7.12 Å². The highest BCUT2D eigenvalue weighted by atomic mass is 16.5. The van der Waals surface area contributed by atoms with Gasteiger partial charge in [0.2, 0.25) is 11.8 Å². The van der Waals surface area contributed by atoms with Gasteiger partial charge in [-0.1, -0.05) is 43.2 Å². The monoisotopic (exact) mass is 557 g/mol. The number of rotatable bonds is 9. The maximum atomic E-state index is 13.8. The number of anilines is 1. The van der Waals surface area contributed by atoms with Crippen molar-refractivity contribution in [2.75, 3.05) is 18.6 Å². The summed E-state index contributed by atoms with van der Waals surface area (Å²) in [4.78, 5) is 28.7. The van der Waals surface area contributed by atoms with Gasteiger partial charge in [-0.2, -0.15) is 0 Å². The van der Waals surface area contributed by atoms with Crippen molar-refractivity contribution in [1.29, 1.82) is 0 Å². The lowest BCUT2D eigenvalue weighted by Crippen LogP contribution is -2.46. The summed E-state index contributed by atoms with van der Waals surface area (Å²) in [7, 11) is 0.634. The van der Waals surface area contributed by atoms with Crippen molar-refractivity contribution in [3.05, 3.63) is 75.9 Å². The maximum absolute atomic E-state index is 13.8. The molecule has 4 atom stereocenters. The lowest BCUT2D eigenvalue weighted by Gasteiger charge is -2.43. The van der Waals surface area contributed by atoms with E-state index < -0.39 is 19.0 Å². The molecule has 1 aliphatic carbocycles. The average Bonchev–Trinajstić information content (AvgIpc) is 3.20. The zero-order valence-electron chi connectivity index (χ0n) is 24.4. The van der Waals surface area contributed by atoms with Gasteiger partial charge in [0.1, 0.15) is 5.75 Å².